The van der Waals surface area contributed by atoms with Crippen LogP contribution in [0, 0.1) is 12.8 Å². The first-order valence-electron chi connectivity index (χ1n) is 8.05. The van der Waals surface area contributed by atoms with Gasteiger partial charge in [-0.3, -0.25) is 4.79 Å². The molecule has 2 unspecified atom stereocenters. The summed E-state index contributed by atoms with van der Waals surface area (Å²) in [5.74, 6) is 0.440. The van der Waals surface area contributed by atoms with E-state index >= 15 is 0 Å². The maximum absolute atomic E-state index is 11.9. The van der Waals surface area contributed by atoms with E-state index in [0.717, 1.165) is 37.4 Å². The van der Waals surface area contributed by atoms with Crippen molar-refractivity contribution in [1.82, 2.24) is 5.32 Å². The monoisotopic (exact) mass is 323 g/mol. The molecule has 122 valence electrons. The number of rotatable bonds is 6. The lowest BCUT2D eigenvalue weighted by molar-refractivity contribution is -0.122. The average Bonchev–Trinajstić information content (AvgIpc) is 2.96. The predicted molar refractivity (Wildman–Crippen MR) is 92.4 cm³/mol. The molecule has 0 radical (unpaired) electrons. The second-order valence-electron chi connectivity index (χ2n) is 6.17. The molecule has 0 aliphatic carbocycles. The minimum atomic E-state index is -0.377. The minimum absolute atomic E-state index is 0.0285. The number of carbonyl (C=O) groups excluding carboxylic acids is 1. The highest BCUT2D eigenvalue weighted by Crippen LogP contribution is 2.29. The van der Waals surface area contributed by atoms with Gasteiger partial charge in [0.2, 0.25) is 5.91 Å². The normalized spacial score (nSPS) is 19.3. The van der Waals surface area contributed by atoms with E-state index in [1.54, 1.807) is 0 Å². The first-order valence-corrected chi connectivity index (χ1v) is 8.43. The zero-order chi connectivity index (χ0) is 16.1. The summed E-state index contributed by atoms with van der Waals surface area (Å²) in [6.45, 7) is 6.79. The van der Waals surface area contributed by atoms with Gasteiger partial charge in [0, 0.05) is 30.3 Å². The van der Waals surface area contributed by atoms with Gasteiger partial charge < -0.3 is 16.0 Å². The average molecular weight is 324 g/mol. The maximum atomic E-state index is 11.9. The molecule has 0 saturated carbocycles. The zero-order valence-corrected chi connectivity index (χ0v) is 14.2. The van der Waals surface area contributed by atoms with Crippen LogP contribution in [0.25, 0.3) is 0 Å². The van der Waals surface area contributed by atoms with Crippen LogP contribution in [0.2, 0.25) is 5.02 Å². The van der Waals surface area contributed by atoms with Crippen LogP contribution >= 0.6 is 11.6 Å². The van der Waals surface area contributed by atoms with Gasteiger partial charge in [0.05, 0.1) is 6.04 Å². The molecular formula is C17H26ClN3O. The van der Waals surface area contributed by atoms with E-state index in [-0.39, 0.29) is 11.9 Å². The Bertz CT molecular complexity index is 521. The van der Waals surface area contributed by atoms with Crippen molar-refractivity contribution in [3.05, 3.63) is 28.8 Å². The molecule has 4 nitrogen and oxygen atoms in total. The summed E-state index contributed by atoms with van der Waals surface area (Å²) in [6, 6.07) is 5.62. The maximum Gasteiger partial charge on any atom is 0.236 e. The van der Waals surface area contributed by atoms with Crippen LogP contribution in [0.15, 0.2) is 18.2 Å². The Morgan fingerprint density at radius 1 is 1.55 bits per heavy atom. The molecule has 2 rings (SSSR count). The molecule has 1 aromatic rings. The first-order chi connectivity index (χ1) is 10.5. The van der Waals surface area contributed by atoms with Crippen molar-refractivity contribution in [3.63, 3.8) is 0 Å². The van der Waals surface area contributed by atoms with Crippen LogP contribution in [0.3, 0.4) is 0 Å². The highest BCUT2D eigenvalue weighted by molar-refractivity contribution is 6.30. The molecule has 2 atom stereocenters. The van der Waals surface area contributed by atoms with Gasteiger partial charge in [-0.05, 0) is 43.4 Å². The molecule has 0 bridgehead atoms. The van der Waals surface area contributed by atoms with Gasteiger partial charge in [-0.15, -0.1) is 0 Å². The number of benzene rings is 1. The van der Waals surface area contributed by atoms with Gasteiger partial charge in [0.15, 0.2) is 0 Å². The van der Waals surface area contributed by atoms with Crippen molar-refractivity contribution in [2.24, 2.45) is 11.7 Å². The van der Waals surface area contributed by atoms with E-state index in [4.69, 9.17) is 17.3 Å². The molecule has 3 N–H and O–H groups in total. The number of nitrogens with zero attached hydrogens (tertiary/aromatic N) is 1. The number of halogens is 1. The predicted octanol–water partition coefficient (Wildman–Crippen LogP) is 2.72. The lowest BCUT2D eigenvalue weighted by atomic mass is 10.1. The summed E-state index contributed by atoms with van der Waals surface area (Å²) in [7, 11) is 0. The van der Waals surface area contributed by atoms with Gasteiger partial charge in [0.1, 0.15) is 0 Å². The van der Waals surface area contributed by atoms with E-state index in [1.807, 2.05) is 19.1 Å². The SMILES string of the molecule is CCCC(N)C(=O)NCC1CCN(c2cc(Cl)ccc2C)C1. The second-order valence-corrected chi connectivity index (χ2v) is 6.61. The number of hydrogen-bond donors (Lipinski definition) is 2. The molecule has 1 heterocycles. The molecule has 1 aliphatic rings. The summed E-state index contributed by atoms with van der Waals surface area (Å²) in [5.41, 5.74) is 8.26. The molecule has 1 amide bonds. The minimum Gasteiger partial charge on any atom is -0.371 e. The first kappa shape index (κ1) is 17.1. The molecule has 1 saturated heterocycles. The van der Waals surface area contributed by atoms with Crippen molar-refractivity contribution in [3.8, 4) is 0 Å². The Balaban J connectivity index is 1.85. The number of aryl methyl sites for hydroxylation is 1. The molecule has 1 aliphatic heterocycles. The number of hydrogen-bond acceptors (Lipinski definition) is 3. The number of anilines is 1. The fraction of sp³-hybridized carbons (Fsp3) is 0.588. The summed E-state index contributed by atoms with van der Waals surface area (Å²) in [5, 5.41) is 3.76. The number of nitrogens with one attached hydrogen (secondary N) is 1. The molecule has 0 spiro atoms. The molecular weight excluding hydrogens is 298 g/mol. The van der Waals surface area contributed by atoms with E-state index in [2.05, 4.69) is 23.2 Å². The van der Waals surface area contributed by atoms with Gasteiger partial charge in [0.25, 0.3) is 0 Å². The molecule has 1 aromatic carbocycles. The number of carbonyl (C=O) groups is 1. The highest BCUT2D eigenvalue weighted by Gasteiger charge is 2.24. The quantitative estimate of drug-likeness (QED) is 0.846. The van der Waals surface area contributed by atoms with Gasteiger partial charge in [-0.1, -0.05) is 31.0 Å². The van der Waals surface area contributed by atoms with Crippen molar-refractivity contribution < 1.29 is 4.79 Å². The van der Waals surface area contributed by atoms with Gasteiger partial charge >= 0.3 is 0 Å². The second kappa shape index (κ2) is 7.84. The fourth-order valence-corrected chi connectivity index (χ4v) is 3.13. The van der Waals surface area contributed by atoms with E-state index in [0.29, 0.717) is 12.5 Å². The Morgan fingerprint density at radius 2 is 2.32 bits per heavy atom. The summed E-state index contributed by atoms with van der Waals surface area (Å²) in [6.07, 6.45) is 2.75. The summed E-state index contributed by atoms with van der Waals surface area (Å²) >= 11 is 6.10. The summed E-state index contributed by atoms with van der Waals surface area (Å²) < 4.78 is 0. The van der Waals surface area contributed by atoms with Crippen LogP contribution in [0.1, 0.15) is 31.7 Å². The highest BCUT2D eigenvalue weighted by atomic mass is 35.5. The third-order valence-electron chi connectivity index (χ3n) is 4.30. The molecule has 22 heavy (non-hydrogen) atoms. The largest absolute Gasteiger partial charge is 0.371 e. The molecule has 1 fully saturated rings. The van der Waals surface area contributed by atoms with Crippen LogP contribution in [-0.2, 0) is 4.79 Å². The third kappa shape index (κ3) is 4.37. The standard InChI is InChI=1S/C17H26ClN3O/c1-3-4-15(19)17(22)20-10-13-7-8-21(11-13)16-9-14(18)6-5-12(16)2/h5-6,9,13,15H,3-4,7-8,10-11,19H2,1-2H3,(H,20,22). The fourth-order valence-electron chi connectivity index (χ4n) is 2.96. The van der Waals surface area contributed by atoms with Crippen molar-refractivity contribution >= 4 is 23.2 Å². The lowest BCUT2D eigenvalue weighted by Crippen LogP contribution is -2.42. The Hall–Kier alpha value is -1.26. The Kier molecular flexibility index (Phi) is 6.09. The van der Waals surface area contributed by atoms with Crippen molar-refractivity contribution in [2.45, 2.75) is 39.2 Å². The number of nitrogens with two attached hydrogens (primary N) is 1. The van der Waals surface area contributed by atoms with Crippen LogP contribution in [0.5, 0.6) is 0 Å². The van der Waals surface area contributed by atoms with Crippen molar-refractivity contribution in [1.29, 1.82) is 0 Å². The van der Waals surface area contributed by atoms with E-state index in [1.165, 1.54) is 11.3 Å². The van der Waals surface area contributed by atoms with Gasteiger partial charge in [-0.2, -0.15) is 0 Å². The Labute approximate surface area is 138 Å². The summed E-state index contributed by atoms with van der Waals surface area (Å²) in [4.78, 5) is 14.2. The molecule has 5 heteroatoms. The van der Waals surface area contributed by atoms with E-state index < -0.39 is 0 Å². The number of amides is 1. The van der Waals surface area contributed by atoms with Crippen molar-refractivity contribution in [2.75, 3.05) is 24.5 Å². The van der Waals surface area contributed by atoms with Gasteiger partial charge in [-0.25, -0.2) is 0 Å². The van der Waals surface area contributed by atoms with Crippen LogP contribution < -0.4 is 16.0 Å². The third-order valence-corrected chi connectivity index (χ3v) is 4.53. The topological polar surface area (TPSA) is 58.4 Å². The zero-order valence-electron chi connectivity index (χ0n) is 13.4. The van der Waals surface area contributed by atoms with Crippen LogP contribution in [0.4, 0.5) is 5.69 Å². The lowest BCUT2D eigenvalue weighted by Gasteiger charge is -2.21. The Morgan fingerprint density at radius 3 is 3.05 bits per heavy atom. The van der Waals surface area contributed by atoms with E-state index in [9.17, 15) is 4.79 Å². The molecule has 0 aromatic heterocycles. The van der Waals surface area contributed by atoms with Crippen LogP contribution in [-0.4, -0.2) is 31.6 Å². The smallest absolute Gasteiger partial charge is 0.236 e.